The molecule has 0 saturated heterocycles. The number of aromatic nitrogens is 2. The topological polar surface area (TPSA) is 116 Å². The minimum atomic E-state index is -0.666. The molecular formula is C20H17FN4O4. The number of ether oxygens (including phenoxy) is 1. The smallest absolute Gasteiger partial charge is 0.317 e. The molecule has 1 heterocycles. The Labute approximate surface area is 165 Å². The van der Waals surface area contributed by atoms with Crippen molar-refractivity contribution < 1.29 is 23.5 Å². The van der Waals surface area contributed by atoms with Crippen LogP contribution >= 0.6 is 0 Å². The molecule has 0 bridgehead atoms. The summed E-state index contributed by atoms with van der Waals surface area (Å²) in [6.45, 7) is -0.292. The summed E-state index contributed by atoms with van der Waals surface area (Å²) in [6.07, 6.45) is 1.56. The molecule has 0 aliphatic rings. The van der Waals surface area contributed by atoms with Crippen LogP contribution in [0.15, 0.2) is 60.8 Å². The summed E-state index contributed by atoms with van der Waals surface area (Å²) in [5.74, 6) is -1.92. The van der Waals surface area contributed by atoms with Gasteiger partial charge < -0.3 is 15.8 Å². The monoisotopic (exact) mass is 396 g/mol. The predicted molar refractivity (Wildman–Crippen MR) is 101 cm³/mol. The lowest BCUT2D eigenvalue weighted by Crippen LogP contribution is -2.33. The van der Waals surface area contributed by atoms with E-state index in [1.54, 1.807) is 30.5 Å². The second kappa shape index (κ2) is 8.79. The molecule has 3 aromatic rings. The van der Waals surface area contributed by atoms with Crippen molar-refractivity contribution in [2.75, 3.05) is 6.54 Å². The molecule has 0 fully saturated rings. The van der Waals surface area contributed by atoms with Gasteiger partial charge in [-0.05, 0) is 48.5 Å². The van der Waals surface area contributed by atoms with E-state index in [2.05, 4.69) is 10.4 Å². The average molecular weight is 396 g/mol. The van der Waals surface area contributed by atoms with Crippen molar-refractivity contribution in [1.82, 2.24) is 15.1 Å². The highest BCUT2D eigenvalue weighted by atomic mass is 19.1. The molecule has 29 heavy (non-hydrogen) atoms. The van der Waals surface area contributed by atoms with Crippen molar-refractivity contribution in [2.24, 2.45) is 5.73 Å². The van der Waals surface area contributed by atoms with E-state index in [1.807, 2.05) is 0 Å². The van der Waals surface area contributed by atoms with E-state index < -0.39 is 17.8 Å². The Balaban J connectivity index is 1.61. The van der Waals surface area contributed by atoms with E-state index in [0.717, 1.165) is 0 Å². The zero-order valence-electron chi connectivity index (χ0n) is 15.2. The van der Waals surface area contributed by atoms with Gasteiger partial charge in [0.05, 0.1) is 24.3 Å². The number of hydrogen-bond acceptors (Lipinski definition) is 5. The van der Waals surface area contributed by atoms with E-state index in [1.165, 1.54) is 35.0 Å². The molecule has 2 aromatic carbocycles. The molecule has 2 amide bonds. The Kier molecular flexibility index (Phi) is 5.98. The summed E-state index contributed by atoms with van der Waals surface area (Å²) in [7, 11) is 0. The number of carbonyl (C=O) groups excluding carboxylic acids is 3. The minimum absolute atomic E-state index is 0.0910. The van der Waals surface area contributed by atoms with Gasteiger partial charge in [-0.1, -0.05) is 6.07 Å². The molecule has 0 aliphatic carbocycles. The molecule has 0 atom stereocenters. The first-order valence-corrected chi connectivity index (χ1v) is 8.58. The Hall–Kier alpha value is -4.01. The third kappa shape index (κ3) is 5.48. The molecule has 0 spiro atoms. The predicted octanol–water partition coefficient (Wildman–Crippen LogP) is 1.37. The van der Waals surface area contributed by atoms with Crippen molar-refractivity contribution in [1.29, 1.82) is 0 Å². The molecule has 148 valence electrons. The number of amides is 2. The first kappa shape index (κ1) is 19.7. The first-order valence-electron chi connectivity index (χ1n) is 8.58. The highest BCUT2D eigenvalue weighted by Gasteiger charge is 2.12. The molecule has 9 heteroatoms. The largest absolute Gasteiger partial charge is 0.426 e. The highest BCUT2D eigenvalue weighted by Crippen LogP contribution is 2.15. The fraction of sp³-hybridized carbons (Fsp3) is 0.100. The third-order valence-electron chi connectivity index (χ3n) is 3.81. The maximum absolute atomic E-state index is 13.0. The molecule has 3 rings (SSSR count). The van der Waals surface area contributed by atoms with Crippen molar-refractivity contribution in [2.45, 2.75) is 6.42 Å². The number of esters is 1. The Morgan fingerprint density at radius 2 is 1.86 bits per heavy atom. The molecule has 0 aliphatic heterocycles. The van der Waals surface area contributed by atoms with Crippen LogP contribution < -0.4 is 15.8 Å². The van der Waals surface area contributed by atoms with Crippen molar-refractivity contribution in [3.63, 3.8) is 0 Å². The lowest BCUT2D eigenvalue weighted by molar-refractivity contribution is -0.133. The van der Waals surface area contributed by atoms with E-state index in [0.29, 0.717) is 11.4 Å². The van der Waals surface area contributed by atoms with Gasteiger partial charge in [-0.15, -0.1) is 0 Å². The quantitative estimate of drug-likeness (QED) is 0.462. The molecule has 0 radical (unpaired) electrons. The van der Waals surface area contributed by atoms with Crippen LogP contribution in [0.5, 0.6) is 5.75 Å². The van der Waals surface area contributed by atoms with Crippen LogP contribution in [0.1, 0.15) is 16.1 Å². The lowest BCUT2D eigenvalue weighted by atomic mass is 10.2. The maximum atomic E-state index is 13.0. The van der Waals surface area contributed by atoms with Crippen LogP contribution in [0.4, 0.5) is 4.39 Å². The van der Waals surface area contributed by atoms with Gasteiger partial charge in [0.25, 0.3) is 5.91 Å². The lowest BCUT2D eigenvalue weighted by Gasteiger charge is -2.06. The SMILES string of the molecule is NC(=O)CNC(=O)c1cccc(OC(=O)Cc2ccn(-c3ccc(F)cc3)n2)c1. The summed E-state index contributed by atoms with van der Waals surface area (Å²) in [5, 5.41) is 6.61. The summed E-state index contributed by atoms with van der Waals surface area (Å²) >= 11 is 0. The van der Waals surface area contributed by atoms with Crippen LogP contribution in [0, 0.1) is 5.82 Å². The van der Waals surface area contributed by atoms with Gasteiger partial charge in [-0.25, -0.2) is 9.07 Å². The second-order valence-corrected chi connectivity index (χ2v) is 6.06. The number of carbonyl (C=O) groups is 3. The number of nitrogens with one attached hydrogen (secondary N) is 1. The number of hydrogen-bond donors (Lipinski definition) is 2. The van der Waals surface area contributed by atoms with E-state index >= 15 is 0 Å². The molecule has 8 nitrogen and oxygen atoms in total. The van der Waals surface area contributed by atoms with Gasteiger partial charge in [-0.3, -0.25) is 14.4 Å². The number of rotatable bonds is 7. The van der Waals surface area contributed by atoms with Gasteiger partial charge in [0.1, 0.15) is 11.6 Å². The van der Waals surface area contributed by atoms with Crippen molar-refractivity contribution in [3.05, 3.63) is 77.9 Å². The summed E-state index contributed by atoms with van der Waals surface area (Å²) in [4.78, 5) is 34.9. The Morgan fingerprint density at radius 1 is 1.10 bits per heavy atom. The Morgan fingerprint density at radius 3 is 2.59 bits per heavy atom. The van der Waals surface area contributed by atoms with E-state index in [4.69, 9.17) is 10.5 Å². The highest BCUT2D eigenvalue weighted by molar-refractivity contribution is 5.96. The first-order chi connectivity index (χ1) is 13.9. The average Bonchev–Trinajstić information content (AvgIpc) is 3.15. The van der Waals surface area contributed by atoms with Gasteiger partial charge in [-0.2, -0.15) is 5.10 Å². The molecule has 3 N–H and O–H groups in total. The summed E-state index contributed by atoms with van der Waals surface area (Å²) in [6, 6.07) is 13.4. The number of primary amides is 1. The van der Waals surface area contributed by atoms with Gasteiger partial charge in [0.2, 0.25) is 5.91 Å². The zero-order valence-corrected chi connectivity index (χ0v) is 15.2. The molecule has 0 unspecified atom stereocenters. The van der Waals surface area contributed by atoms with Gasteiger partial charge >= 0.3 is 5.97 Å². The van der Waals surface area contributed by atoms with Crippen LogP contribution in [0.25, 0.3) is 5.69 Å². The molecule has 1 aromatic heterocycles. The molecule has 0 saturated carbocycles. The number of halogens is 1. The minimum Gasteiger partial charge on any atom is -0.426 e. The standard InChI is InChI=1S/C20H17FN4O4/c21-14-4-6-16(7-5-14)25-9-8-15(24-25)11-19(27)29-17-3-1-2-13(10-17)20(28)23-12-18(22)26/h1-10H,11-12H2,(H2,22,26)(H,23,28). The third-order valence-corrected chi connectivity index (χ3v) is 3.81. The van der Waals surface area contributed by atoms with Crippen LogP contribution in [-0.4, -0.2) is 34.1 Å². The van der Waals surface area contributed by atoms with Crippen molar-refractivity contribution >= 4 is 17.8 Å². The number of nitrogens with zero attached hydrogens (tertiary/aromatic N) is 2. The van der Waals surface area contributed by atoms with Crippen LogP contribution in [0.3, 0.4) is 0 Å². The fourth-order valence-corrected chi connectivity index (χ4v) is 2.48. The van der Waals surface area contributed by atoms with Crippen LogP contribution in [-0.2, 0) is 16.0 Å². The summed E-state index contributed by atoms with van der Waals surface area (Å²) in [5.41, 5.74) is 6.33. The zero-order chi connectivity index (χ0) is 20.8. The fourth-order valence-electron chi connectivity index (χ4n) is 2.48. The maximum Gasteiger partial charge on any atom is 0.317 e. The second-order valence-electron chi connectivity index (χ2n) is 6.06. The number of nitrogens with two attached hydrogens (primary N) is 1. The van der Waals surface area contributed by atoms with Gasteiger partial charge in [0.15, 0.2) is 0 Å². The van der Waals surface area contributed by atoms with Crippen LogP contribution in [0.2, 0.25) is 0 Å². The van der Waals surface area contributed by atoms with Crippen molar-refractivity contribution in [3.8, 4) is 11.4 Å². The number of benzene rings is 2. The van der Waals surface area contributed by atoms with Gasteiger partial charge in [0, 0.05) is 11.8 Å². The Bertz CT molecular complexity index is 1050. The summed E-state index contributed by atoms with van der Waals surface area (Å²) < 4.78 is 19.8. The molecular weight excluding hydrogens is 379 g/mol. The van der Waals surface area contributed by atoms with E-state index in [9.17, 15) is 18.8 Å². The normalized spacial score (nSPS) is 10.4. The van der Waals surface area contributed by atoms with E-state index in [-0.39, 0.29) is 30.1 Å².